The topological polar surface area (TPSA) is 113 Å². The van der Waals surface area contributed by atoms with Gasteiger partial charge in [0.1, 0.15) is 0 Å². The Bertz CT molecular complexity index is 513. The number of aliphatic carboxylic acids is 1. The number of hydrogen-bond acceptors (Lipinski definition) is 4. The van der Waals surface area contributed by atoms with Gasteiger partial charge in [-0.2, -0.15) is 0 Å². The van der Waals surface area contributed by atoms with Crippen LogP contribution in [0.4, 0.5) is 4.79 Å². The second-order valence-electron chi connectivity index (χ2n) is 5.71. The molecule has 2 unspecified atom stereocenters. The van der Waals surface area contributed by atoms with Gasteiger partial charge in [-0.3, -0.25) is 4.79 Å². The molecule has 21 heavy (non-hydrogen) atoms. The van der Waals surface area contributed by atoms with Gasteiger partial charge in [-0.1, -0.05) is 13.8 Å². The van der Waals surface area contributed by atoms with Gasteiger partial charge in [0, 0.05) is 18.4 Å². The number of nitrogens with one attached hydrogen (secondary N) is 2. The van der Waals surface area contributed by atoms with E-state index in [1.165, 1.54) is 6.08 Å². The van der Waals surface area contributed by atoms with E-state index in [-0.39, 0.29) is 24.6 Å². The molecule has 0 fully saturated rings. The zero-order chi connectivity index (χ0) is 16.0. The summed E-state index contributed by atoms with van der Waals surface area (Å²) in [4.78, 5) is 22.5. The third-order valence-corrected chi connectivity index (χ3v) is 4.46. The minimum absolute atomic E-state index is 0.00380. The Morgan fingerprint density at radius 3 is 2.52 bits per heavy atom. The number of carboxylic acid groups (broad SMARTS) is 1. The van der Waals surface area contributed by atoms with Crippen molar-refractivity contribution in [2.75, 3.05) is 12.3 Å². The van der Waals surface area contributed by atoms with Crippen LogP contribution in [0.25, 0.3) is 0 Å². The fraction of sp³-hybridized carbons (Fsp3) is 0.692. The van der Waals surface area contributed by atoms with Crippen molar-refractivity contribution < 1.29 is 23.1 Å². The van der Waals surface area contributed by atoms with Crippen molar-refractivity contribution in [2.45, 2.75) is 32.7 Å². The Morgan fingerprint density at radius 1 is 1.38 bits per heavy atom. The first-order valence-electron chi connectivity index (χ1n) is 6.85. The Morgan fingerprint density at radius 2 is 2.05 bits per heavy atom. The standard InChI is InChI=1S/C13H22N2O5S/c1-9(2)5-10(6-12(16)17)7-14-13(18)15-11-3-4-21(19,20)8-11/h3-4,9-11H,5-8H2,1-2H3,(H,16,17)(H2,14,15,18). The molecule has 0 aromatic heterocycles. The molecule has 2 atom stereocenters. The van der Waals surface area contributed by atoms with Crippen molar-refractivity contribution in [3.8, 4) is 0 Å². The minimum Gasteiger partial charge on any atom is -0.481 e. The molecule has 3 N–H and O–H groups in total. The number of urea groups is 1. The maximum Gasteiger partial charge on any atom is 0.315 e. The van der Waals surface area contributed by atoms with E-state index in [1.54, 1.807) is 0 Å². The maximum absolute atomic E-state index is 11.7. The monoisotopic (exact) mass is 318 g/mol. The average Bonchev–Trinajstić information content (AvgIpc) is 2.64. The zero-order valence-electron chi connectivity index (χ0n) is 12.2. The van der Waals surface area contributed by atoms with Crippen LogP contribution >= 0.6 is 0 Å². The fourth-order valence-corrected chi connectivity index (χ4v) is 3.51. The van der Waals surface area contributed by atoms with Crippen molar-refractivity contribution in [2.24, 2.45) is 11.8 Å². The molecule has 0 saturated heterocycles. The van der Waals surface area contributed by atoms with Crippen LogP contribution in [-0.2, 0) is 14.6 Å². The van der Waals surface area contributed by atoms with Crippen LogP contribution in [0.1, 0.15) is 26.7 Å². The van der Waals surface area contributed by atoms with Crippen LogP contribution in [0, 0.1) is 11.8 Å². The molecule has 8 heteroatoms. The van der Waals surface area contributed by atoms with Gasteiger partial charge >= 0.3 is 12.0 Å². The average molecular weight is 318 g/mol. The molecule has 0 radical (unpaired) electrons. The number of carbonyl (C=O) groups excluding carboxylic acids is 1. The van der Waals surface area contributed by atoms with Crippen molar-refractivity contribution >= 4 is 21.8 Å². The van der Waals surface area contributed by atoms with E-state index in [2.05, 4.69) is 10.6 Å². The summed E-state index contributed by atoms with van der Waals surface area (Å²) in [5, 5.41) is 15.1. The number of hydrogen-bond donors (Lipinski definition) is 3. The first-order chi connectivity index (χ1) is 9.68. The summed E-state index contributed by atoms with van der Waals surface area (Å²) in [5.74, 6) is -0.837. The molecule has 7 nitrogen and oxygen atoms in total. The summed E-state index contributed by atoms with van der Waals surface area (Å²) >= 11 is 0. The van der Waals surface area contributed by atoms with Crippen molar-refractivity contribution in [3.63, 3.8) is 0 Å². The highest BCUT2D eigenvalue weighted by Crippen LogP contribution is 2.14. The minimum atomic E-state index is -3.20. The number of sulfone groups is 1. The summed E-state index contributed by atoms with van der Waals surface area (Å²) in [6.45, 7) is 4.23. The molecule has 0 bridgehead atoms. The van der Waals surface area contributed by atoms with Gasteiger partial charge in [0.05, 0.1) is 11.8 Å². The van der Waals surface area contributed by atoms with E-state index in [0.29, 0.717) is 12.3 Å². The van der Waals surface area contributed by atoms with Gasteiger partial charge in [-0.25, -0.2) is 13.2 Å². The lowest BCUT2D eigenvalue weighted by Gasteiger charge is -2.18. The van der Waals surface area contributed by atoms with E-state index in [1.807, 2.05) is 13.8 Å². The van der Waals surface area contributed by atoms with Gasteiger partial charge in [0.15, 0.2) is 9.84 Å². The number of carboxylic acids is 1. The highest BCUT2D eigenvalue weighted by molar-refractivity contribution is 7.94. The SMILES string of the molecule is CC(C)CC(CNC(=O)NC1C=CS(=O)(=O)C1)CC(=O)O. The quantitative estimate of drug-likeness (QED) is 0.640. The van der Waals surface area contributed by atoms with Crippen LogP contribution in [0.3, 0.4) is 0 Å². The zero-order valence-corrected chi connectivity index (χ0v) is 13.0. The van der Waals surface area contributed by atoms with Crippen molar-refractivity contribution in [3.05, 3.63) is 11.5 Å². The summed E-state index contributed by atoms with van der Waals surface area (Å²) in [7, 11) is -3.20. The van der Waals surface area contributed by atoms with Gasteiger partial charge < -0.3 is 15.7 Å². The van der Waals surface area contributed by atoms with Gasteiger partial charge in [0.2, 0.25) is 0 Å². The number of rotatable bonds is 7. The second kappa shape index (κ2) is 7.44. The highest BCUT2D eigenvalue weighted by Gasteiger charge is 2.23. The second-order valence-corrected chi connectivity index (χ2v) is 7.64. The van der Waals surface area contributed by atoms with Gasteiger partial charge in [-0.05, 0) is 24.3 Å². The molecule has 0 aromatic carbocycles. The molecular weight excluding hydrogens is 296 g/mol. The summed E-state index contributed by atoms with van der Waals surface area (Å²) < 4.78 is 22.4. The third-order valence-electron chi connectivity index (χ3n) is 3.07. The third kappa shape index (κ3) is 7.12. The first kappa shape index (κ1) is 17.5. The van der Waals surface area contributed by atoms with Crippen LogP contribution in [0.15, 0.2) is 11.5 Å². The summed E-state index contributed by atoms with van der Waals surface area (Å²) in [6, 6.07) is -1.01. The normalized spacial score (nSPS) is 21.2. The molecule has 0 aromatic rings. The first-order valence-corrected chi connectivity index (χ1v) is 8.56. The molecular formula is C13H22N2O5S. The lowest BCUT2D eigenvalue weighted by molar-refractivity contribution is -0.138. The number of carbonyl (C=O) groups is 2. The van der Waals surface area contributed by atoms with Crippen LogP contribution in [0.2, 0.25) is 0 Å². The molecule has 1 rings (SSSR count). The Labute approximate surface area is 124 Å². The van der Waals surface area contributed by atoms with Crippen LogP contribution < -0.4 is 10.6 Å². The molecule has 2 amide bonds. The largest absolute Gasteiger partial charge is 0.481 e. The Balaban J connectivity index is 2.39. The van der Waals surface area contributed by atoms with E-state index >= 15 is 0 Å². The molecule has 120 valence electrons. The maximum atomic E-state index is 11.7. The lowest BCUT2D eigenvalue weighted by atomic mass is 9.94. The van der Waals surface area contributed by atoms with E-state index < -0.39 is 27.9 Å². The molecule has 0 aliphatic carbocycles. The van der Waals surface area contributed by atoms with Crippen molar-refractivity contribution in [1.82, 2.24) is 10.6 Å². The van der Waals surface area contributed by atoms with Gasteiger partial charge in [0.25, 0.3) is 0 Å². The number of amides is 2. The van der Waals surface area contributed by atoms with E-state index in [4.69, 9.17) is 5.11 Å². The van der Waals surface area contributed by atoms with E-state index in [9.17, 15) is 18.0 Å². The Hall–Kier alpha value is -1.57. The highest BCUT2D eigenvalue weighted by atomic mass is 32.2. The molecule has 0 spiro atoms. The molecule has 1 aliphatic rings. The molecule has 0 saturated carbocycles. The fourth-order valence-electron chi connectivity index (χ4n) is 2.27. The molecule has 1 aliphatic heterocycles. The summed E-state index contributed by atoms with van der Waals surface area (Å²) in [6.07, 6.45) is 2.12. The van der Waals surface area contributed by atoms with Gasteiger partial charge in [-0.15, -0.1) is 0 Å². The van der Waals surface area contributed by atoms with E-state index in [0.717, 1.165) is 5.41 Å². The predicted octanol–water partition coefficient (Wildman–Crippen LogP) is 0.733. The predicted molar refractivity (Wildman–Crippen MR) is 78.4 cm³/mol. The smallest absolute Gasteiger partial charge is 0.315 e. The molecule has 1 heterocycles. The van der Waals surface area contributed by atoms with Crippen LogP contribution in [0.5, 0.6) is 0 Å². The lowest BCUT2D eigenvalue weighted by Crippen LogP contribution is -2.44. The Kier molecular flexibility index (Phi) is 6.19. The van der Waals surface area contributed by atoms with Crippen LogP contribution in [-0.4, -0.2) is 43.9 Å². The summed E-state index contributed by atoms with van der Waals surface area (Å²) in [5.41, 5.74) is 0. The van der Waals surface area contributed by atoms with Crippen molar-refractivity contribution in [1.29, 1.82) is 0 Å².